The first-order valence-electron chi connectivity index (χ1n) is 10.6. The molecule has 12 heteroatoms. The number of sulfone groups is 1. The SMILES string of the molecule is CCS(=O)(=O)c1ccc(Cl)cc1CNC(=O)c1cc(C(F)(F)F)cc(CN2CCNCC2)c1N. The molecule has 0 aliphatic carbocycles. The third-order valence-corrected chi connectivity index (χ3v) is 7.68. The number of amides is 1. The Hall–Kier alpha value is -2.34. The van der Waals surface area contributed by atoms with Crippen molar-refractivity contribution in [1.29, 1.82) is 0 Å². The van der Waals surface area contributed by atoms with Gasteiger partial charge in [-0.25, -0.2) is 8.42 Å². The number of hydrogen-bond acceptors (Lipinski definition) is 6. The Morgan fingerprint density at radius 2 is 1.85 bits per heavy atom. The number of nitrogens with two attached hydrogens (primary N) is 1. The molecule has 1 saturated heterocycles. The highest BCUT2D eigenvalue weighted by Gasteiger charge is 2.33. The van der Waals surface area contributed by atoms with Gasteiger partial charge in [0.25, 0.3) is 5.91 Å². The number of nitrogens with one attached hydrogen (secondary N) is 2. The number of halogens is 4. The largest absolute Gasteiger partial charge is 0.416 e. The van der Waals surface area contributed by atoms with Crippen LogP contribution in [-0.2, 0) is 29.1 Å². The van der Waals surface area contributed by atoms with Gasteiger partial charge < -0.3 is 16.4 Å². The molecule has 34 heavy (non-hydrogen) atoms. The second-order valence-corrected chi connectivity index (χ2v) is 10.6. The molecule has 0 aromatic heterocycles. The van der Waals surface area contributed by atoms with Gasteiger partial charge in [-0.2, -0.15) is 13.2 Å². The number of carbonyl (C=O) groups excluding carboxylic acids is 1. The average molecular weight is 519 g/mol. The van der Waals surface area contributed by atoms with E-state index in [9.17, 15) is 26.4 Å². The van der Waals surface area contributed by atoms with E-state index in [1.807, 2.05) is 4.90 Å². The first kappa shape index (κ1) is 26.3. The highest BCUT2D eigenvalue weighted by atomic mass is 35.5. The maximum absolute atomic E-state index is 13.6. The molecular weight excluding hydrogens is 493 g/mol. The van der Waals surface area contributed by atoms with E-state index in [2.05, 4.69) is 10.6 Å². The van der Waals surface area contributed by atoms with Crippen molar-refractivity contribution in [2.45, 2.75) is 31.1 Å². The van der Waals surface area contributed by atoms with Gasteiger partial charge in [0.1, 0.15) is 0 Å². The van der Waals surface area contributed by atoms with Gasteiger partial charge in [-0.1, -0.05) is 18.5 Å². The molecule has 0 atom stereocenters. The first-order valence-corrected chi connectivity index (χ1v) is 12.7. The molecule has 0 spiro atoms. The van der Waals surface area contributed by atoms with Gasteiger partial charge in [0, 0.05) is 50.0 Å². The van der Waals surface area contributed by atoms with Crippen LogP contribution in [0.3, 0.4) is 0 Å². The van der Waals surface area contributed by atoms with Crippen molar-refractivity contribution in [1.82, 2.24) is 15.5 Å². The van der Waals surface area contributed by atoms with E-state index in [0.29, 0.717) is 32.2 Å². The third-order valence-electron chi connectivity index (χ3n) is 5.62. The van der Waals surface area contributed by atoms with Gasteiger partial charge in [0.2, 0.25) is 0 Å². The van der Waals surface area contributed by atoms with Crippen LogP contribution in [-0.4, -0.2) is 51.2 Å². The summed E-state index contributed by atoms with van der Waals surface area (Å²) < 4.78 is 65.4. The van der Waals surface area contributed by atoms with Crippen LogP contribution >= 0.6 is 11.6 Å². The van der Waals surface area contributed by atoms with Crippen LogP contribution in [0.1, 0.15) is 34.0 Å². The number of alkyl halides is 3. The zero-order valence-corrected chi connectivity index (χ0v) is 20.1. The lowest BCUT2D eigenvalue weighted by Gasteiger charge is -2.28. The summed E-state index contributed by atoms with van der Waals surface area (Å²) in [6, 6.07) is 5.84. The van der Waals surface area contributed by atoms with Crippen LogP contribution < -0.4 is 16.4 Å². The van der Waals surface area contributed by atoms with Crippen molar-refractivity contribution < 1.29 is 26.4 Å². The molecule has 1 aliphatic heterocycles. The minimum Gasteiger partial charge on any atom is -0.398 e. The van der Waals surface area contributed by atoms with Gasteiger partial charge in [0.05, 0.1) is 21.8 Å². The Morgan fingerprint density at radius 3 is 2.47 bits per heavy atom. The smallest absolute Gasteiger partial charge is 0.398 e. The minimum atomic E-state index is -4.67. The van der Waals surface area contributed by atoms with Crippen molar-refractivity contribution in [3.8, 4) is 0 Å². The fourth-order valence-electron chi connectivity index (χ4n) is 3.72. The molecule has 7 nitrogen and oxygen atoms in total. The van der Waals surface area contributed by atoms with E-state index in [1.165, 1.54) is 25.1 Å². The van der Waals surface area contributed by atoms with Crippen LogP contribution in [0.2, 0.25) is 5.02 Å². The Bertz CT molecular complexity index is 1170. The summed E-state index contributed by atoms with van der Waals surface area (Å²) >= 11 is 5.99. The summed E-state index contributed by atoms with van der Waals surface area (Å²) in [6.07, 6.45) is -4.67. The number of nitrogen functional groups attached to an aromatic ring is 1. The summed E-state index contributed by atoms with van der Waals surface area (Å²) in [5, 5.41) is 5.92. The molecule has 0 bridgehead atoms. The molecule has 4 N–H and O–H groups in total. The van der Waals surface area contributed by atoms with E-state index < -0.39 is 27.5 Å². The summed E-state index contributed by atoms with van der Waals surface area (Å²) in [5.74, 6) is -1.00. The van der Waals surface area contributed by atoms with Crippen molar-refractivity contribution in [2.24, 2.45) is 0 Å². The molecule has 0 radical (unpaired) electrons. The molecule has 0 unspecified atom stereocenters. The van der Waals surface area contributed by atoms with Crippen LogP contribution in [0.25, 0.3) is 0 Å². The van der Waals surface area contributed by atoms with Crippen LogP contribution in [0.4, 0.5) is 18.9 Å². The van der Waals surface area contributed by atoms with Crippen LogP contribution in [0.15, 0.2) is 35.2 Å². The van der Waals surface area contributed by atoms with E-state index >= 15 is 0 Å². The molecular formula is C22H26ClF3N4O3S. The summed E-state index contributed by atoms with van der Waals surface area (Å²) in [5.41, 5.74) is 5.24. The number of benzene rings is 2. The maximum Gasteiger partial charge on any atom is 0.416 e. The Labute approximate surface area is 201 Å². The average Bonchev–Trinajstić information content (AvgIpc) is 2.78. The molecule has 0 saturated carbocycles. The third kappa shape index (κ3) is 6.21. The monoisotopic (exact) mass is 518 g/mol. The minimum absolute atomic E-state index is 0.00360. The van der Waals surface area contributed by atoms with Gasteiger partial charge in [-0.3, -0.25) is 9.69 Å². The topological polar surface area (TPSA) is 105 Å². The molecule has 2 aromatic carbocycles. The van der Waals surface area contributed by atoms with E-state index in [1.54, 1.807) is 0 Å². The first-order chi connectivity index (χ1) is 15.9. The maximum atomic E-state index is 13.6. The number of carbonyl (C=O) groups is 1. The van der Waals surface area contributed by atoms with Gasteiger partial charge in [-0.05, 0) is 41.5 Å². The van der Waals surface area contributed by atoms with E-state index in [0.717, 1.165) is 6.07 Å². The van der Waals surface area contributed by atoms with E-state index in [-0.39, 0.29) is 51.1 Å². The fourth-order valence-corrected chi connectivity index (χ4v) is 5.03. The number of hydrogen-bond donors (Lipinski definition) is 3. The lowest BCUT2D eigenvalue weighted by Crippen LogP contribution is -2.43. The Balaban J connectivity index is 1.91. The van der Waals surface area contributed by atoms with Crippen LogP contribution in [0.5, 0.6) is 0 Å². The molecule has 1 amide bonds. The predicted octanol–water partition coefficient (Wildman–Crippen LogP) is 3.07. The molecule has 1 fully saturated rings. The Kier molecular flexibility index (Phi) is 8.12. The van der Waals surface area contributed by atoms with Crippen molar-refractivity contribution in [3.63, 3.8) is 0 Å². The van der Waals surface area contributed by atoms with Crippen molar-refractivity contribution in [2.75, 3.05) is 37.7 Å². The van der Waals surface area contributed by atoms with Gasteiger partial charge in [0.15, 0.2) is 9.84 Å². The Morgan fingerprint density at radius 1 is 1.18 bits per heavy atom. The van der Waals surface area contributed by atoms with Crippen LogP contribution in [0, 0.1) is 0 Å². The van der Waals surface area contributed by atoms with Gasteiger partial charge >= 0.3 is 6.18 Å². The van der Waals surface area contributed by atoms with Gasteiger partial charge in [-0.15, -0.1) is 0 Å². The van der Waals surface area contributed by atoms with E-state index in [4.69, 9.17) is 17.3 Å². The molecule has 1 aliphatic rings. The number of piperazine rings is 1. The highest BCUT2D eigenvalue weighted by molar-refractivity contribution is 7.91. The lowest BCUT2D eigenvalue weighted by molar-refractivity contribution is -0.137. The number of nitrogens with zero attached hydrogens (tertiary/aromatic N) is 1. The standard InChI is InChI=1S/C22H26ClF3N4O3S/c1-2-34(32,33)19-4-3-17(23)10-14(19)12-29-21(31)18-11-16(22(24,25)26)9-15(20(18)27)13-30-7-5-28-6-8-30/h3-4,9-11,28H,2,5-8,12-13,27H2,1H3,(H,29,31). The second-order valence-electron chi connectivity index (χ2n) is 7.96. The number of anilines is 1. The molecule has 3 rings (SSSR count). The second kappa shape index (κ2) is 10.5. The summed E-state index contributed by atoms with van der Waals surface area (Å²) in [4.78, 5) is 14.9. The molecule has 2 aromatic rings. The number of rotatable bonds is 7. The molecule has 1 heterocycles. The molecule has 186 valence electrons. The van der Waals surface area contributed by atoms with Crippen molar-refractivity contribution >= 4 is 33.0 Å². The normalized spacial score (nSPS) is 15.3. The summed E-state index contributed by atoms with van der Waals surface area (Å²) in [7, 11) is -3.61. The quantitative estimate of drug-likeness (QED) is 0.487. The zero-order valence-electron chi connectivity index (χ0n) is 18.5. The highest BCUT2D eigenvalue weighted by Crippen LogP contribution is 2.34. The summed E-state index contributed by atoms with van der Waals surface area (Å²) in [6.45, 7) is 4.09. The zero-order chi connectivity index (χ0) is 25.1. The predicted molar refractivity (Wildman–Crippen MR) is 124 cm³/mol. The lowest BCUT2D eigenvalue weighted by atomic mass is 10.0. The van der Waals surface area contributed by atoms with Crippen molar-refractivity contribution in [3.05, 3.63) is 57.6 Å². The fraction of sp³-hybridized carbons (Fsp3) is 0.409.